The largest absolute Gasteiger partial charge is 0.387 e. The first kappa shape index (κ1) is 22.9. The number of anilines is 3. The molecular weight excluding hydrogens is 418 g/mol. The lowest BCUT2D eigenvalue weighted by Gasteiger charge is -2.34. The fourth-order valence-electron chi connectivity index (χ4n) is 3.10. The third-order valence-corrected chi connectivity index (χ3v) is 4.75. The number of aliphatic hydroxyl groups is 2. The number of nitrogens with two attached hydrogens (primary N) is 1. The number of nitrogens with zero attached hydrogens (tertiary/aromatic N) is 1. The van der Waals surface area contributed by atoms with Crippen LogP contribution in [-0.4, -0.2) is 65.7 Å². The summed E-state index contributed by atoms with van der Waals surface area (Å²) in [6.45, 7) is -0.318. The monoisotopic (exact) mass is 441 g/mol. The van der Waals surface area contributed by atoms with E-state index < -0.39 is 36.5 Å². The predicted octanol–water partition coefficient (Wildman–Crippen LogP) is -0.367. The standard InChI is InChI=1S/C21H23N5O6/c22-19(23)12-1-3-14(4-2-12)25-20(30)17(29)18-21(31)26(9-10-32-18)15-7-5-13(6-8-15)24-16(28)11-27/h1-8,17-18,27,29H,9-11H2,(H3,22,23)(H,24,28)(H,25,30)/t17-,18?/m1/s1. The molecule has 2 aromatic rings. The number of amidine groups is 1. The Morgan fingerprint density at radius 3 is 2.31 bits per heavy atom. The highest BCUT2D eigenvalue weighted by molar-refractivity contribution is 6.04. The Morgan fingerprint density at radius 2 is 1.72 bits per heavy atom. The van der Waals surface area contributed by atoms with Gasteiger partial charge in [-0.1, -0.05) is 0 Å². The van der Waals surface area contributed by atoms with Crippen molar-refractivity contribution in [3.8, 4) is 0 Å². The fraction of sp³-hybridized carbons (Fsp3) is 0.238. The van der Waals surface area contributed by atoms with Crippen molar-refractivity contribution in [2.24, 2.45) is 5.73 Å². The van der Waals surface area contributed by atoms with Crippen LogP contribution in [0.15, 0.2) is 48.5 Å². The van der Waals surface area contributed by atoms with Crippen LogP contribution in [0.3, 0.4) is 0 Å². The van der Waals surface area contributed by atoms with Gasteiger partial charge in [0.2, 0.25) is 5.91 Å². The zero-order valence-electron chi connectivity index (χ0n) is 16.9. The number of hydrogen-bond acceptors (Lipinski definition) is 7. The molecule has 3 amide bonds. The van der Waals surface area contributed by atoms with Crippen LogP contribution in [0, 0.1) is 5.41 Å². The van der Waals surface area contributed by atoms with E-state index in [1.165, 1.54) is 17.0 Å². The van der Waals surface area contributed by atoms with Crippen LogP contribution in [-0.2, 0) is 19.1 Å². The molecule has 2 aromatic carbocycles. The van der Waals surface area contributed by atoms with Gasteiger partial charge in [0.1, 0.15) is 12.4 Å². The van der Waals surface area contributed by atoms with Crippen molar-refractivity contribution < 1.29 is 29.3 Å². The minimum absolute atomic E-state index is 0.108. The Hall–Kier alpha value is -3.80. The SMILES string of the molecule is N=C(N)c1ccc(NC(=O)[C@H](O)C2OCCN(c3ccc(NC(=O)CO)cc3)C2=O)cc1. The maximum atomic E-state index is 12.9. The first-order valence-corrected chi connectivity index (χ1v) is 9.67. The zero-order chi connectivity index (χ0) is 23.3. The van der Waals surface area contributed by atoms with E-state index in [4.69, 9.17) is 21.0 Å². The molecular formula is C21H23N5O6. The molecule has 0 bridgehead atoms. The van der Waals surface area contributed by atoms with Gasteiger partial charge in [0.05, 0.1) is 6.61 Å². The number of nitrogen functional groups attached to an aromatic ring is 1. The number of amides is 3. The lowest BCUT2D eigenvalue weighted by Crippen LogP contribution is -2.55. The quantitative estimate of drug-likeness (QED) is 0.251. The maximum absolute atomic E-state index is 12.9. The van der Waals surface area contributed by atoms with Gasteiger partial charge >= 0.3 is 0 Å². The van der Waals surface area contributed by atoms with Crippen molar-refractivity contribution in [1.82, 2.24) is 0 Å². The number of morpholine rings is 1. The highest BCUT2D eigenvalue weighted by Crippen LogP contribution is 2.23. The molecule has 1 unspecified atom stereocenters. The molecule has 1 fully saturated rings. The number of benzene rings is 2. The molecule has 2 atom stereocenters. The van der Waals surface area contributed by atoms with Crippen LogP contribution in [0.5, 0.6) is 0 Å². The second kappa shape index (κ2) is 10.0. The van der Waals surface area contributed by atoms with Gasteiger partial charge < -0.3 is 36.2 Å². The molecule has 0 aromatic heterocycles. The van der Waals surface area contributed by atoms with E-state index in [2.05, 4.69) is 10.6 Å². The number of hydrogen-bond donors (Lipinski definition) is 6. The second-order valence-corrected chi connectivity index (χ2v) is 6.96. The Bertz CT molecular complexity index is 1010. The molecule has 1 saturated heterocycles. The maximum Gasteiger partial charge on any atom is 0.259 e. The van der Waals surface area contributed by atoms with E-state index in [1.54, 1.807) is 36.4 Å². The number of rotatable bonds is 7. The summed E-state index contributed by atoms with van der Waals surface area (Å²) in [6.07, 6.45) is -3.14. The predicted molar refractivity (Wildman–Crippen MR) is 116 cm³/mol. The van der Waals surface area contributed by atoms with Gasteiger partial charge in [-0.25, -0.2) is 0 Å². The summed E-state index contributed by atoms with van der Waals surface area (Å²) in [4.78, 5) is 38.0. The van der Waals surface area contributed by atoms with Crippen LogP contribution >= 0.6 is 0 Å². The molecule has 3 rings (SSSR count). The number of aliphatic hydroxyl groups excluding tert-OH is 2. The van der Waals surface area contributed by atoms with E-state index >= 15 is 0 Å². The Kier molecular flexibility index (Phi) is 7.15. The molecule has 0 saturated carbocycles. The zero-order valence-corrected chi connectivity index (χ0v) is 16.9. The molecule has 1 aliphatic heterocycles. The summed E-state index contributed by atoms with van der Waals surface area (Å²) >= 11 is 0. The van der Waals surface area contributed by atoms with Gasteiger partial charge in [-0.15, -0.1) is 0 Å². The molecule has 168 valence electrons. The average molecular weight is 441 g/mol. The molecule has 1 heterocycles. The van der Waals surface area contributed by atoms with Crippen molar-refractivity contribution >= 4 is 40.6 Å². The smallest absolute Gasteiger partial charge is 0.259 e. The molecule has 11 heteroatoms. The summed E-state index contributed by atoms with van der Waals surface area (Å²) in [5.41, 5.74) is 7.17. The summed E-state index contributed by atoms with van der Waals surface area (Å²) in [5, 5.41) is 31.6. The lowest BCUT2D eigenvalue weighted by atomic mass is 10.1. The van der Waals surface area contributed by atoms with Gasteiger partial charge in [-0.2, -0.15) is 0 Å². The molecule has 7 N–H and O–H groups in total. The average Bonchev–Trinajstić information content (AvgIpc) is 2.79. The highest BCUT2D eigenvalue weighted by atomic mass is 16.5. The van der Waals surface area contributed by atoms with Gasteiger partial charge in [0.25, 0.3) is 11.8 Å². The van der Waals surface area contributed by atoms with E-state index in [9.17, 15) is 19.5 Å². The summed E-state index contributed by atoms with van der Waals surface area (Å²) in [5.74, 6) is -2.08. The van der Waals surface area contributed by atoms with E-state index in [0.717, 1.165) is 0 Å². The number of ether oxygens (including phenoxy) is 1. The van der Waals surface area contributed by atoms with Crippen LogP contribution < -0.4 is 21.3 Å². The molecule has 0 spiro atoms. The van der Waals surface area contributed by atoms with Gasteiger partial charge in [0, 0.05) is 29.2 Å². The van der Waals surface area contributed by atoms with Crippen molar-refractivity contribution in [3.05, 3.63) is 54.1 Å². The number of carbonyl (C=O) groups excluding carboxylic acids is 3. The summed E-state index contributed by atoms with van der Waals surface area (Å²) < 4.78 is 5.37. The van der Waals surface area contributed by atoms with Crippen LogP contribution in [0.25, 0.3) is 0 Å². The van der Waals surface area contributed by atoms with Crippen LogP contribution in [0.4, 0.5) is 17.1 Å². The summed E-state index contributed by atoms with van der Waals surface area (Å²) in [6, 6.07) is 12.4. The first-order chi connectivity index (χ1) is 15.3. The molecule has 11 nitrogen and oxygen atoms in total. The third-order valence-electron chi connectivity index (χ3n) is 4.75. The first-order valence-electron chi connectivity index (χ1n) is 9.67. The molecule has 32 heavy (non-hydrogen) atoms. The molecule has 0 radical (unpaired) electrons. The Labute approximate surface area is 183 Å². The van der Waals surface area contributed by atoms with Crippen molar-refractivity contribution in [1.29, 1.82) is 5.41 Å². The van der Waals surface area contributed by atoms with Crippen molar-refractivity contribution in [2.45, 2.75) is 12.2 Å². The van der Waals surface area contributed by atoms with E-state index in [1.807, 2.05) is 0 Å². The lowest BCUT2D eigenvalue weighted by molar-refractivity contribution is -0.150. The van der Waals surface area contributed by atoms with Gasteiger partial charge in [-0.3, -0.25) is 19.8 Å². The molecule has 0 aliphatic carbocycles. The topological polar surface area (TPSA) is 178 Å². The van der Waals surface area contributed by atoms with Crippen LogP contribution in [0.1, 0.15) is 5.56 Å². The van der Waals surface area contributed by atoms with E-state index in [-0.39, 0.29) is 19.0 Å². The van der Waals surface area contributed by atoms with Crippen molar-refractivity contribution in [3.63, 3.8) is 0 Å². The van der Waals surface area contributed by atoms with E-state index in [0.29, 0.717) is 22.6 Å². The van der Waals surface area contributed by atoms with Gasteiger partial charge in [-0.05, 0) is 48.5 Å². The fourth-order valence-corrected chi connectivity index (χ4v) is 3.10. The number of nitrogens with one attached hydrogen (secondary N) is 3. The Morgan fingerprint density at radius 1 is 1.12 bits per heavy atom. The number of carbonyl (C=O) groups is 3. The summed E-state index contributed by atoms with van der Waals surface area (Å²) in [7, 11) is 0. The minimum Gasteiger partial charge on any atom is -0.387 e. The second-order valence-electron chi connectivity index (χ2n) is 6.96. The minimum atomic E-state index is -1.75. The Balaban J connectivity index is 1.66. The normalized spacial score (nSPS) is 16.9. The van der Waals surface area contributed by atoms with Crippen LogP contribution in [0.2, 0.25) is 0 Å². The third kappa shape index (κ3) is 5.27. The van der Waals surface area contributed by atoms with Crippen molar-refractivity contribution in [2.75, 3.05) is 35.3 Å². The van der Waals surface area contributed by atoms with Gasteiger partial charge in [0.15, 0.2) is 12.2 Å². The molecule has 1 aliphatic rings. The highest BCUT2D eigenvalue weighted by Gasteiger charge is 2.39.